The number of anilines is 3. The van der Waals surface area contributed by atoms with Gasteiger partial charge in [-0.15, -0.1) is 0 Å². The summed E-state index contributed by atoms with van der Waals surface area (Å²) in [6, 6.07) is 11.5. The maximum atomic E-state index is 13.0. The Hall–Kier alpha value is -4.02. The fourth-order valence-electron chi connectivity index (χ4n) is 3.57. The van der Waals surface area contributed by atoms with Gasteiger partial charge in [-0.05, 0) is 75.2 Å². The minimum atomic E-state index is -0.616. The number of hydrogen-bond donors (Lipinski definition) is 2. The summed E-state index contributed by atoms with van der Waals surface area (Å²) in [7, 11) is 0. The van der Waals surface area contributed by atoms with Crippen molar-refractivity contribution < 1.29 is 23.9 Å². The van der Waals surface area contributed by atoms with Crippen LogP contribution in [-0.4, -0.2) is 35.3 Å². The van der Waals surface area contributed by atoms with Crippen LogP contribution in [0.15, 0.2) is 53.2 Å². The molecule has 9 nitrogen and oxygen atoms in total. The molecule has 0 aliphatic carbocycles. The number of carbonyl (C=O) groups is 4. The molecule has 1 aliphatic rings. The van der Waals surface area contributed by atoms with Crippen LogP contribution < -0.4 is 15.5 Å². The molecule has 190 valence electrons. The van der Waals surface area contributed by atoms with Crippen LogP contribution in [-0.2, 0) is 14.3 Å². The zero-order valence-electron chi connectivity index (χ0n) is 20.5. The van der Waals surface area contributed by atoms with Gasteiger partial charge in [-0.1, -0.05) is 29.0 Å². The van der Waals surface area contributed by atoms with E-state index in [4.69, 9.17) is 16.3 Å². The van der Waals surface area contributed by atoms with E-state index in [2.05, 4.69) is 15.6 Å². The molecule has 0 atom stereocenters. The first kappa shape index (κ1) is 26.1. The zero-order valence-corrected chi connectivity index (χ0v) is 22.0. The molecule has 2 aromatic carbocycles. The standard InChI is InChI=1S/C26H23ClN4O5S/c1-5-36-25(35)21-15(4)28-26(37-21)30-22(32)16-7-9-17(10-8-16)29-20-19(27)23(33)31(24(20)34)18-11-6-13(2)14(3)12-18/h6-12,29H,5H2,1-4H3,(H,28,30,32). The molecule has 0 fully saturated rings. The van der Waals surface area contributed by atoms with Gasteiger partial charge >= 0.3 is 5.97 Å². The van der Waals surface area contributed by atoms with Crippen LogP contribution >= 0.6 is 22.9 Å². The number of hydrogen-bond acceptors (Lipinski definition) is 8. The van der Waals surface area contributed by atoms with Crippen LogP contribution in [0.5, 0.6) is 0 Å². The number of rotatable bonds is 7. The van der Waals surface area contributed by atoms with Crippen molar-refractivity contribution in [2.45, 2.75) is 27.7 Å². The molecule has 4 rings (SSSR count). The molecule has 1 aliphatic heterocycles. The number of imide groups is 1. The number of aromatic nitrogens is 1. The number of nitrogens with one attached hydrogen (secondary N) is 2. The SMILES string of the molecule is CCOC(=O)c1sc(NC(=O)c2ccc(NC3=C(Cl)C(=O)N(c4ccc(C)c(C)c4)C3=O)cc2)nc1C. The highest BCUT2D eigenvalue weighted by Crippen LogP contribution is 2.31. The van der Waals surface area contributed by atoms with Crippen molar-refractivity contribution in [2.75, 3.05) is 22.1 Å². The molecular formula is C26H23ClN4O5S. The van der Waals surface area contributed by atoms with Crippen molar-refractivity contribution in [2.24, 2.45) is 0 Å². The van der Waals surface area contributed by atoms with E-state index < -0.39 is 23.7 Å². The molecule has 1 aromatic heterocycles. The second-order valence-electron chi connectivity index (χ2n) is 8.21. The van der Waals surface area contributed by atoms with E-state index in [1.54, 1.807) is 50.2 Å². The van der Waals surface area contributed by atoms with Crippen LogP contribution in [0.3, 0.4) is 0 Å². The van der Waals surface area contributed by atoms with Gasteiger partial charge in [-0.25, -0.2) is 14.7 Å². The molecule has 0 bridgehead atoms. The van der Waals surface area contributed by atoms with Gasteiger partial charge in [-0.2, -0.15) is 0 Å². The fourth-order valence-corrected chi connectivity index (χ4v) is 4.63. The predicted molar refractivity (Wildman–Crippen MR) is 142 cm³/mol. The maximum Gasteiger partial charge on any atom is 0.350 e. The molecule has 0 unspecified atom stereocenters. The molecule has 0 saturated carbocycles. The highest BCUT2D eigenvalue weighted by Gasteiger charge is 2.39. The third-order valence-corrected chi connectivity index (χ3v) is 7.07. The van der Waals surface area contributed by atoms with Crippen LogP contribution in [0.2, 0.25) is 0 Å². The summed E-state index contributed by atoms with van der Waals surface area (Å²) in [5.41, 5.74) is 3.61. The van der Waals surface area contributed by atoms with E-state index >= 15 is 0 Å². The van der Waals surface area contributed by atoms with E-state index in [9.17, 15) is 19.2 Å². The average molecular weight is 539 g/mol. The highest BCUT2D eigenvalue weighted by atomic mass is 35.5. The smallest absolute Gasteiger partial charge is 0.350 e. The number of aryl methyl sites for hydroxylation is 3. The minimum absolute atomic E-state index is 0.0492. The molecule has 11 heteroatoms. The molecular weight excluding hydrogens is 516 g/mol. The summed E-state index contributed by atoms with van der Waals surface area (Å²) >= 11 is 7.25. The van der Waals surface area contributed by atoms with Gasteiger partial charge in [0.25, 0.3) is 17.7 Å². The number of amides is 3. The monoisotopic (exact) mass is 538 g/mol. The second-order valence-corrected chi connectivity index (χ2v) is 9.59. The lowest BCUT2D eigenvalue weighted by atomic mass is 10.1. The van der Waals surface area contributed by atoms with Gasteiger partial charge in [0, 0.05) is 11.3 Å². The van der Waals surface area contributed by atoms with Gasteiger partial charge in [-0.3, -0.25) is 19.7 Å². The number of halogens is 1. The first-order chi connectivity index (χ1) is 17.6. The first-order valence-corrected chi connectivity index (χ1v) is 12.5. The largest absolute Gasteiger partial charge is 0.462 e. The van der Waals surface area contributed by atoms with Crippen LogP contribution in [0.25, 0.3) is 0 Å². The molecule has 0 saturated heterocycles. The predicted octanol–water partition coefficient (Wildman–Crippen LogP) is 4.93. The molecule has 3 aromatic rings. The van der Waals surface area contributed by atoms with E-state index in [-0.39, 0.29) is 22.5 Å². The zero-order chi connectivity index (χ0) is 26.9. The lowest BCUT2D eigenvalue weighted by molar-refractivity contribution is -0.120. The van der Waals surface area contributed by atoms with E-state index in [0.717, 1.165) is 27.4 Å². The second kappa shape index (κ2) is 10.5. The van der Waals surface area contributed by atoms with Gasteiger partial charge < -0.3 is 10.1 Å². The third kappa shape index (κ3) is 5.25. The summed E-state index contributed by atoms with van der Waals surface area (Å²) in [6.45, 7) is 7.44. The van der Waals surface area contributed by atoms with E-state index in [1.165, 1.54) is 0 Å². The number of ether oxygens (including phenoxy) is 1. The molecule has 2 heterocycles. The summed E-state index contributed by atoms with van der Waals surface area (Å²) < 4.78 is 4.99. The Kier molecular flexibility index (Phi) is 7.42. The summed E-state index contributed by atoms with van der Waals surface area (Å²) in [6.07, 6.45) is 0. The Bertz CT molecular complexity index is 1460. The van der Waals surface area contributed by atoms with Gasteiger partial charge in [0.05, 0.1) is 18.0 Å². The van der Waals surface area contributed by atoms with Crippen LogP contribution in [0.1, 0.15) is 43.8 Å². The number of thiazole rings is 1. The average Bonchev–Trinajstić information content (AvgIpc) is 3.33. The topological polar surface area (TPSA) is 118 Å². The lowest BCUT2D eigenvalue weighted by Crippen LogP contribution is -2.32. The third-order valence-electron chi connectivity index (χ3n) is 5.67. The normalized spacial score (nSPS) is 13.3. The Morgan fingerprint density at radius 1 is 1.03 bits per heavy atom. The van der Waals surface area contributed by atoms with Crippen molar-refractivity contribution in [1.82, 2.24) is 4.98 Å². The lowest BCUT2D eigenvalue weighted by Gasteiger charge is -2.16. The van der Waals surface area contributed by atoms with Crippen molar-refractivity contribution >= 4 is 63.1 Å². The van der Waals surface area contributed by atoms with E-state index in [1.807, 2.05) is 19.9 Å². The number of benzene rings is 2. The number of carbonyl (C=O) groups excluding carboxylic acids is 4. The molecule has 0 radical (unpaired) electrons. The number of esters is 1. The Balaban J connectivity index is 1.45. The van der Waals surface area contributed by atoms with Crippen molar-refractivity contribution in [1.29, 1.82) is 0 Å². The highest BCUT2D eigenvalue weighted by molar-refractivity contribution is 7.17. The molecule has 37 heavy (non-hydrogen) atoms. The van der Waals surface area contributed by atoms with Crippen molar-refractivity contribution in [3.05, 3.63) is 80.5 Å². The van der Waals surface area contributed by atoms with Crippen LogP contribution in [0, 0.1) is 20.8 Å². The molecule has 2 N–H and O–H groups in total. The fraction of sp³-hybridized carbons (Fsp3) is 0.192. The Morgan fingerprint density at radius 2 is 1.73 bits per heavy atom. The minimum Gasteiger partial charge on any atom is -0.462 e. The molecule has 3 amide bonds. The van der Waals surface area contributed by atoms with Crippen molar-refractivity contribution in [3.8, 4) is 0 Å². The molecule has 0 spiro atoms. The van der Waals surface area contributed by atoms with Crippen molar-refractivity contribution in [3.63, 3.8) is 0 Å². The van der Waals surface area contributed by atoms with Gasteiger partial charge in [0.15, 0.2) is 5.13 Å². The van der Waals surface area contributed by atoms with Crippen LogP contribution in [0.4, 0.5) is 16.5 Å². The quantitative estimate of drug-likeness (QED) is 0.323. The summed E-state index contributed by atoms with van der Waals surface area (Å²) in [5, 5.41) is 5.60. The summed E-state index contributed by atoms with van der Waals surface area (Å²) in [4.78, 5) is 56.0. The Morgan fingerprint density at radius 3 is 2.38 bits per heavy atom. The maximum absolute atomic E-state index is 13.0. The Labute approximate surface area is 222 Å². The first-order valence-electron chi connectivity index (χ1n) is 11.3. The van der Waals surface area contributed by atoms with Gasteiger partial charge in [0.2, 0.25) is 0 Å². The van der Waals surface area contributed by atoms with Gasteiger partial charge in [0.1, 0.15) is 15.6 Å². The van der Waals surface area contributed by atoms with E-state index in [0.29, 0.717) is 27.5 Å². The number of nitrogens with zero attached hydrogens (tertiary/aromatic N) is 2. The summed E-state index contributed by atoms with van der Waals surface area (Å²) in [5.74, 6) is -2.11.